The molecule has 0 aliphatic rings. The Hall–Kier alpha value is -2.22. The van der Waals surface area contributed by atoms with Gasteiger partial charge in [-0.2, -0.15) is 5.10 Å². The zero-order chi connectivity index (χ0) is 12.4. The first-order valence-electron chi connectivity index (χ1n) is 4.96. The molecule has 2 rings (SSSR count). The molecule has 0 saturated heterocycles. The topological polar surface area (TPSA) is 112 Å². The molecule has 2 heterocycles. The zero-order valence-electron chi connectivity index (χ0n) is 9.19. The maximum Gasteiger partial charge on any atom is 0.320 e. The minimum Gasteiger partial charge on any atom is -0.480 e. The number of carbonyl (C=O) groups is 1. The lowest BCUT2D eigenvalue weighted by molar-refractivity contribution is -0.138. The van der Waals surface area contributed by atoms with Crippen molar-refractivity contribution in [3.63, 3.8) is 0 Å². The van der Waals surface area contributed by atoms with Crippen molar-refractivity contribution in [3.05, 3.63) is 24.2 Å². The molecule has 0 aliphatic heterocycles. The van der Waals surface area contributed by atoms with Crippen LogP contribution in [-0.4, -0.2) is 41.9 Å². The van der Waals surface area contributed by atoms with Gasteiger partial charge in [-0.3, -0.25) is 9.48 Å². The molecule has 0 saturated carbocycles. The van der Waals surface area contributed by atoms with Gasteiger partial charge in [0.15, 0.2) is 5.82 Å². The number of hydrogen-bond donors (Lipinski definition) is 2. The number of aromatic nitrogens is 5. The van der Waals surface area contributed by atoms with Crippen LogP contribution in [0.3, 0.4) is 0 Å². The van der Waals surface area contributed by atoms with Gasteiger partial charge < -0.3 is 10.8 Å². The van der Waals surface area contributed by atoms with E-state index >= 15 is 0 Å². The van der Waals surface area contributed by atoms with Gasteiger partial charge in [0.05, 0.1) is 11.9 Å². The molecule has 0 fully saturated rings. The first-order valence-corrected chi connectivity index (χ1v) is 4.96. The number of rotatable bonds is 4. The highest BCUT2D eigenvalue weighted by Gasteiger charge is 2.15. The third-order valence-electron chi connectivity index (χ3n) is 2.22. The van der Waals surface area contributed by atoms with Crippen molar-refractivity contribution in [2.75, 3.05) is 0 Å². The van der Waals surface area contributed by atoms with Crippen LogP contribution in [0.1, 0.15) is 5.69 Å². The van der Waals surface area contributed by atoms with Gasteiger partial charge in [-0.05, 0) is 0 Å². The van der Waals surface area contributed by atoms with Crippen molar-refractivity contribution in [3.8, 4) is 5.82 Å². The maximum atomic E-state index is 10.6. The van der Waals surface area contributed by atoms with Gasteiger partial charge in [-0.15, -0.1) is 5.10 Å². The average Bonchev–Trinajstić information content (AvgIpc) is 2.86. The van der Waals surface area contributed by atoms with Crippen LogP contribution in [0.5, 0.6) is 0 Å². The van der Waals surface area contributed by atoms with E-state index in [1.807, 2.05) is 0 Å². The Labute approximate surface area is 96.6 Å². The predicted molar refractivity (Wildman–Crippen MR) is 57.4 cm³/mol. The largest absolute Gasteiger partial charge is 0.480 e. The van der Waals surface area contributed by atoms with E-state index in [2.05, 4.69) is 15.4 Å². The molecule has 1 atom stereocenters. The van der Waals surface area contributed by atoms with E-state index in [0.717, 1.165) is 0 Å². The lowest BCUT2D eigenvalue weighted by atomic mass is 10.2. The molecular formula is C9H12N6O2. The molecule has 0 spiro atoms. The lowest BCUT2D eigenvalue weighted by Gasteiger charge is -2.01. The first-order chi connectivity index (χ1) is 8.06. The van der Waals surface area contributed by atoms with Crippen LogP contribution < -0.4 is 5.73 Å². The fourth-order valence-corrected chi connectivity index (χ4v) is 1.34. The monoisotopic (exact) mass is 236 g/mol. The van der Waals surface area contributed by atoms with Gasteiger partial charge in [0, 0.05) is 25.7 Å². The van der Waals surface area contributed by atoms with Gasteiger partial charge in [0.1, 0.15) is 6.04 Å². The maximum absolute atomic E-state index is 10.6. The fourth-order valence-electron chi connectivity index (χ4n) is 1.34. The smallest absolute Gasteiger partial charge is 0.320 e. The third-order valence-corrected chi connectivity index (χ3v) is 2.22. The Morgan fingerprint density at radius 1 is 1.65 bits per heavy atom. The van der Waals surface area contributed by atoms with Crippen LogP contribution in [0, 0.1) is 0 Å². The zero-order valence-corrected chi connectivity index (χ0v) is 9.19. The Kier molecular flexibility index (Phi) is 2.88. The highest BCUT2D eigenvalue weighted by molar-refractivity contribution is 5.73. The number of aliphatic carboxylic acids is 1. The van der Waals surface area contributed by atoms with Gasteiger partial charge in [-0.1, -0.05) is 5.21 Å². The van der Waals surface area contributed by atoms with Crippen molar-refractivity contribution in [2.45, 2.75) is 12.5 Å². The molecule has 8 nitrogen and oxygen atoms in total. The highest BCUT2D eigenvalue weighted by atomic mass is 16.4. The highest BCUT2D eigenvalue weighted by Crippen LogP contribution is 2.04. The van der Waals surface area contributed by atoms with Gasteiger partial charge >= 0.3 is 5.97 Å². The molecule has 2 aromatic rings. The standard InChI is InChI=1S/C9H12N6O2/c1-14-3-2-8(12-14)15-5-6(11-13-15)4-7(10)9(16)17/h2-3,5,7H,4,10H2,1H3,(H,16,17). The summed E-state index contributed by atoms with van der Waals surface area (Å²) in [6.07, 6.45) is 3.53. The van der Waals surface area contributed by atoms with E-state index in [0.29, 0.717) is 11.5 Å². The quantitative estimate of drug-likeness (QED) is 0.701. The Morgan fingerprint density at radius 3 is 3.00 bits per heavy atom. The molecular weight excluding hydrogens is 224 g/mol. The summed E-state index contributed by atoms with van der Waals surface area (Å²) in [6, 6.07) is 0.805. The van der Waals surface area contributed by atoms with E-state index < -0.39 is 12.0 Å². The van der Waals surface area contributed by atoms with Crippen molar-refractivity contribution >= 4 is 5.97 Å². The summed E-state index contributed by atoms with van der Waals surface area (Å²) < 4.78 is 3.11. The van der Waals surface area contributed by atoms with Crippen LogP contribution in [0.15, 0.2) is 18.5 Å². The minimum atomic E-state index is -1.06. The van der Waals surface area contributed by atoms with Gasteiger partial charge in [0.2, 0.25) is 0 Å². The van der Waals surface area contributed by atoms with Crippen molar-refractivity contribution < 1.29 is 9.90 Å². The fraction of sp³-hybridized carbons (Fsp3) is 0.333. The van der Waals surface area contributed by atoms with Crippen molar-refractivity contribution in [2.24, 2.45) is 12.8 Å². The van der Waals surface area contributed by atoms with Gasteiger partial charge in [-0.25, -0.2) is 4.68 Å². The molecule has 0 aromatic carbocycles. The average molecular weight is 236 g/mol. The molecule has 0 bridgehead atoms. The second-order valence-corrected chi connectivity index (χ2v) is 3.65. The van der Waals surface area contributed by atoms with E-state index in [1.54, 1.807) is 30.2 Å². The van der Waals surface area contributed by atoms with Crippen LogP contribution in [0.25, 0.3) is 5.82 Å². The van der Waals surface area contributed by atoms with Crippen LogP contribution in [-0.2, 0) is 18.3 Å². The molecule has 0 aliphatic carbocycles. The normalized spacial score (nSPS) is 12.6. The van der Waals surface area contributed by atoms with Gasteiger partial charge in [0.25, 0.3) is 0 Å². The molecule has 0 radical (unpaired) electrons. The van der Waals surface area contributed by atoms with Crippen molar-refractivity contribution in [1.82, 2.24) is 24.8 Å². The Balaban J connectivity index is 2.13. The lowest BCUT2D eigenvalue weighted by Crippen LogP contribution is -2.32. The summed E-state index contributed by atoms with van der Waals surface area (Å²) in [5.74, 6) is -0.437. The van der Waals surface area contributed by atoms with Crippen LogP contribution in [0.4, 0.5) is 0 Å². The third kappa shape index (κ3) is 2.48. The van der Waals surface area contributed by atoms with Crippen molar-refractivity contribution in [1.29, 1.82) is 0 Å². The number of nitrogens with zero attached hydrogens (tertiary/aromatic N) is 5. The van der Waals surface area contributed by atoms with Crippen LogP contribution in [0.2, 0.25) is 0 Å². The summed E-state index contributed by atoms with van der Waals surface area (Å²) in [6.45, 7) is 0. The van der Waals surface area contributed by atoms with Crippen LogP contribution >= 0.6 is 0 Å². The molecule has 1 unspecified atom stereocenters. The summed E-state index contributed by atoms with van der Waals surface area (Å²) >= 11 is 0. The summed E-state index contributed by atoms with van der Waals surface area (Å²) in [5.41, 5.74) is 5.92. The Bertz CT molecular complexity index is 531. The SMILES string of the molecule is Cn1ccc(-n2cc(CC(N)C(=O)O)nn2)n1. The van der Waals surface area contributed by atoms with E-state index in [4.69, 9.17) is 10.8 Å². The molecule has 2 aromatic heterocycles. The second-order valence-electron chi connectivity index (χ2n) is 3.65. The molecule has 3 N–H and O–H groups in total. The molecule has 0 amide bonds. The number of nitrogens with two attached hydrogens (primary N) is 1. The Morgan fingerprint density at radius 2 is 2.41 bits per heavy atom. The molecule has 8 heteroatoms. The number of hydrogen-bond acceptors (Lipinski definition) is 5. The van der Waals surface area contributed by atoms with E-state index in [1.165, 1.54) is 4.68 Å². The summed E-state index contributed by atoms with van der Waals surface area (Å²) in [7, 11) is 1.79. The first kappa shape index (κ1) is 11.3. The molecule has 90 valence electrons. The summed E-state index contributed by atoms with van der Waals surface area (Å²) in [4.78, 5) is 10.6. The summed E-state index contributed by atoms with van der Waals surface area (Å²) in [5, 5.41) is 20.5. The predicted octanol–water partition coefficient (Wildman–Crippen LogP) is -1.04. The van der Waals surface area contributed by atoms with E-state index in [-0.39, 0.29) is 6.42 Å². The number of carboxylic acids is 1. The number of aryl methyl sites for hydroxylation is 1. The second kappa shape index (κ2) is 4.34. The van der Waals surface area contributed by atoms with E-state index in [9.17, 15) is 4.79 Å². The molecule has 17 heavy (non-hydrogen) atoms. The number of carboxylic acid groups (broad SMARTS) is 1. The minimum absolute atomic E-state index is 0.141.